The first-order chi connectivity index (χ1) is 14.3. The van der Waals surface area contributed by atoms with Crippen LogP contribution in [-0.2, 0) is 17.5 Å². The molecule has 0 fully saturated rings. The Hall–Kier alpha value is -2.76. The highest BCUT2D eigenvalue weighted by molar-refractivity contribution is 7.32. The second-order valence-corrected chi connectivity index (χ2v) is 8.03. The van der Waals surface area contributed by atoms with Gasteiger partial charge in [0.15, 0.2) is 0 Å². The van der Waals surface area contributed by atoms with Crippen LogP contribution in [0.15, 0.2) is 53.3 Å². The summed E-state index contributed by atoms with van der Waals surface area (Å²) in [5.74, 6) is 0.154. The number of rotatable bonds is 7. The van der Waals surface area contributed by atoms with E-state index in [1.165, 1.54) is 16.7 Å². The summed E-state index contributed by atoms with van der Waals surface area (Å²) >= 11 is 0. The van der Waals surface area contributed by atoms with Crippen LogP contribution in [0.2, 0.25) is 0 Å². The molecule has 0 saturated heterocycles. The lowest BCUT2D eigenvalue weighted by Gasteiger charge is -2.19. The molecule has 0 aliphatic carbocycles. The van der Waals surface area contributed by atoms with Crippen molar-refractivity contribution >= 4 is 8.25 Å². The van der Waals surface area contributed by atoms with Gasteiger partial charge in [-0.25, -0.2) is 13.9 Å². The topological polar surface area (TPSA) is 81.4 Å². The molecule has 1 N–H and O–H groups in total. The third kappa shape index (κ3) is 4.86. The summed E-state index contributed by atoms with van der Waals surface area (Å²) in [4.78, 5) is 27.3. The van der Waals surface area contributed by atoms with E-state index in [-0.39, 0.29) is 29.6 Å². The maximum Gasteiger partial charge on any atom is 0.365 e. The minimum absolute atomic E-state index is 0.0279. The average molecular weight is 430 g/mol. The Morgan fingerprint density at radius 2 is 1.93 bits per heavy atom. The van der Waals surface area contributed by atoms with Crippen LogP contribution in [-0.4, -0.2) is 14.4 Å². The van der Waals surface area contributed by atoms with Gasteiger partial charge in [0, 0.05) is 17.8 Å². The fraction of sp³-hybridized carbons (Fsp3) is 0.273. The van der Waals surface area contributed by atoms with Gasteiger partial charge in [-0.15, -0.1) is 0 Å². The van der Waals surface area contributed by atoms with Crippen LogP contribution in [0.25, 0.3) is 11.4 Å². The van der Waals surface area contributed by atoms with E-state index in [9.17, 15) is 18.6 Å². The maximum atomic E-state index is 13.6. The van der Waals surface area contributed by atoms with E-state index in [1.807, 2.05) is 13.8 Å². The van der Waals surface area contributed by atoms with Gasteiger partial charge in [-0.3, -0.25) is 9.36 Å². The minimum atomic E-state index is -3.24. The van der Waals surface area contributed by atoms with Gasteiger partial charge in [0.1, 0.15) is 17.4 Å². The van der Waals surface area contributed by atoms with Gasteiger partial charge in [0.05, 0.1) is 5.56 Å². The molecule has 1 atom stereocenters. The monoisotopic (exact) mass is 430 g/mol. The van der Waals surface area contributed by atoms with Crippen LogP contribution < -0.4 is 10.1 Å². The van der Waals surface area contributed by atoms with Gasteiger partial charge in [-0.05, 0) is 49.1 Å². The van der Waals surface area contributed by atoms with Crippen molar-refractivity contribution in [3.63, 3.8) is 0 Å². The molecule has 158 valence electrons. The van der Waals surface area contributed by atoms with Crippen LogP contribution in [0, 0.1) is 12.7 Å². The zero-order valence-electron chi connectivity index (χ0n) is 17.1. The number of benzene rings is 2. The number of hydrogen-bond donors (Lipinski definition) is 1. The van der Waals surface area contributed by atoms with Crippen molar-refractivity contribution in [3.8, 4) is 17.1 Å². The first-order valence-corrected chi connectivity index (χ1v) is 10.9. The molecule has 1 aromatic heterocycles. The second kappa shape index (κ2) is 9.37. The SMILES string of the molecule is Cc1nc(-c2ccccc2O[PH](=O)O)n(CCc2cccc(F)c2)c(=O)c1C(C)C. The molecule has 1 heterocycles. The van der Waals surface area contributed by atoms with E-state index in [0.717, 1.165) is 5.56 Å². The molecule has 30 heavy (non-hydrogen) atoms. The maximum absolute atomic E-state index is 13.6. The highest BCUT2D eigenvalue weighted by atomic mass is 31.1. The smallest absolute Gasteiger partial charge is 0.365 e. The Balaban J connectivity index is 2.15. The van der Waals surface area contributed by atoms with E-state index in [1.54, 1.807) is 43.3 Å². The van der Waals surface area contributed by atoms with Crippen molar-refractivity contribution in [2.24, 2.45) is 0 Å². The quantitative estimate of drug-likeness (QED) is 0.559. The van der Waals surface area contributed by atoms with E-state index in [4.69, 9.17) is 4.52 Å². The molecule has 0 amide bonds. The summed E-state index contributed by atoms with van der Waals surface area (Å²) in [6.07, 6.45) is 0.423. The van der Waals surface area contributed by atoms with Crippen molar-refractivity contribution in [2.45, 2.75) is 39.7 Å². The lowest BCUT2D eigenvalue weighted by atomic mass is 10.0. The summed E-state index contributed by atoms with van der Waals surface area (Å²) in [7, 11) is -3.24. The van der Waals surface area contributed by atoms with Gasteiger partial charge < -0.3 is 9.42 Å². The molecule has 0 spiro atoms. The van der Waals surface area contributed by atoms with Gasteiger partial charge in [-0.1, -0.05) is 38.1 Å². The van der Waals surface area contributed by atoms with Crippen LogP contribution in [0.1, 0.15) is 36.6 Å². The Morgan fingerprint density at radius 1 is 1.20 bits per heavy atom. The number of nitrogens with zero attached hydrogens (tertiary/aromatic N) is 2. The molecule has 0 aliphatic heterocycles. The first-order valence-electron chi connectivity index (χ1n) is 9.64. The highest BCUT2D eigenvalue weighted by Crippen LogP contribution is 2.33. The molecule has 3 rings (SSSR count). The molecular weight excluding hydrogens is 406 g/mol. The summed E-state index contributed by atoms with van der Waals surface area (Å²) in [6.45, 7) is 5.90. The van der Waals surface area contributed by atoms with Crippen molar-refractivity contribution in [1.82, 2.24) is 9.55 Å². The zero-order valence-corrected chi connectivity index (χ0v) is 18.1. The predicted molar refractivity (Wildman–Crippen MR) is 115 cm³/mol. The lowest BCUT2D eigenvalue weighted by Crippen LogP contribution is -2.29. The van der Waals surface area contributed by atoms with E-state index < -0.39 is 8.25 Å². The zero-order chi connectivity index (χ0) is 21.8. The normalized spacial score (nSPS) is 12.2. The van der Waals surface area contributed by atoms with E-state index in [0.29, 0.717) is 29.1 Å². The standard InChI is InChI=1S/C22H24FN2O4P/c1-14(2)20-15(3)24-21(18-9-4-5-10-19(18)29-30(27)28)25(22(20)26)12-11-16-7-6-8-17(23)13-16/h4-10,13-14,30H,11-12H2,1-3H3,(H,27,28). The molecule has 2 aromatic carbocycles. The van der Waals surface area contributed by atoms with Crippen LogP contribution in [0.5, 0.6) is 5.75 Å². The Labute approximate surface area is 174 Å². The summed E-state index contributed by atoms with van der Waals surface area (Å²) in [5, 5.41) is 0. The number of aryl methyl sites for hydroxylation is 2. The minimum Gasteiger partial charge on any atom is -0.426 e. The van der Waals surface area contributed by atoms with Crippen molar-refractivity contribution in [2.75, 3.05) is 0 Å². The molecule has 0 bridgehead atoms. The Morgan fingerprint density at radius 3 is 2.60 bits per heavy atom. The summed E-state index contributed by atoms with van der Waals surface area (Å²) in [5.41, 5.74) is 2.21. The third-order valence-corrected chi connectivity index (χ3v) is 5.20. The predicted octanol–water partition coefficient (Wildman–Crippen LogP) is 4.48. The number of hydrogen-bond acceptors (Lipinski definition) is 4. The molecule has 1 unspecified atom stereocenters. The summed E-state index contributed by atoms with van der Waals surface area (Å²) < 4.78 is 31.5. The number of para-hydroxylation sites is 1. The van der Waals surface area contributed by atoms with Gasteiger partial charge in [0.2, 0.25) is 0 Å². The Bertz CT molecular complexity index is 1140. The molecule has 0 radical (unpaired) electrons. The fourth-order valence-electron chi connectivity index (χ4n) is 3.52. The van der Waals surface area contributed by atoms with Crippen molar-refractivity contribution in [1.29, 1.82) is 0 Å². The summed E-state index contributed by atoms with van der Waals surface area (Å²) in [6, 6.07) is 12.9. The van der Waals surface area contributed by atoms with Crippen LogP contribution >= 0.6 is 8.25 Å². The van der Waals surface area contributed by atoms with Crippen molar-refractivity contribution < 1.29 is 18.4 Å². The van der Waals surface area contributed by atoms with Gasteiger partial charge in [0.25, 0.3) is 5.56 Å². The molecule has 8 heteroatoms. The van der Waals surface area contributed by atoms with Crippen LogP contribution in [0.4, 0.5) is 4.39 Å². The molecule has 0 saturated carbocycles. The molecule has 0 aliphatic rings. The average Bonchev–Trinajstić information content (AvgIpc) is 2.66. The fourth-order valence-corrected chi connectivity index (χ4v) is 3.89. The Kier molecular flexibility index (Phi) is 6.85. The van der Waals surface area contributed by atoms with Gasteiger partial charge in [-0.2, -0.15) is 0 Å². The third-order valence-electron chi connectivity index (χ3n) is 4.81. The van der Waals surface area contributed by atoms with Crippen LogP contribution in [0.3, 0.4) is 0 Å². The molecular formula is C22H24FN2O4P. The van der Waals surface area contributed by atoms with E-state index >= 15 is 0 Å². The molecule has 6 nitrogen and oxygen atoms in total. The largest absolute Gasteiger partial charge is 0.426 e. The van der Waals surface area contributed by atoms with E-state index in [2.05, 4.69) is 4.98 Å². The van der Waals surface area contributed by atoms with Crippen molar-refractivity contribution in [3.05, 3.63) is 81.5 Å². The number of halogens is 1. The molecule has 3 aromatic rings. The lowest BCUT2D eigenvalue weighted by molar-refractivity contribution is 0.411. The first kappa shape index (κ1) is 21.9. The number of aromatic nitrogens is 2. The highest BCUT2D eigenvalue weighted by Gasteiger charge is 2.20. The van der Waals surface area contributed by atoms with Gasteiger partial charge >= 0.3 is 8.25 Å². The second-order valence-electron chi connectivity index (χ2n) is 7.29.